The first-order valence-electron chi connectivity index (χ1n) is 2.59. The molecule has 0 spiro atoms. The summed E-state index contributed by atoms with van der Waals surface area (Å²) in [7, 11) is 0. The third-order valence-corrected chi connectivity index (χ3v) is 0.884. The molecule has 0 aromatic carbocycles. The first-order chi connectivity index (χ1) is 4.70. The maximum atomic E-state index is 10.2. The van der Waals surface area contributed by atoms with Gasteiger partial charge in [-0.3, -0.25) is 0 Å². The van der Waals surface area contributed by atoms with Crippen molar-refractivity contribution in [2.75, 3.05) is 0 Å². The molecule has 0 atom stereocenters. The molecular weight excluding hydrogens is 134 g/mol. The van der Waals surface area contributed by atoms with Gasteiger partial charge in [0.25, 0.3) is 0 Å². The van der Waals surface area contributed by atoms with Crippen LogP contribution in [0.25, 0.3) is 0 Å². The zero-order chi connectivity index (χ0) is 7.56. The van der Waals surface area contributed by atoms with Crippen LogP contribution in [-0.4, -0.2) is 26.0 Å². The van der Waals surface area contributed by atoms with Gasteiger partial charge in [0.15, 0.2) is 0 Å². The SMILES string of the molecule is Cc1ncnc(C(=O)O)n1. The van der Waals surface area contributed by atoms with Gasteiger partial charge in [-0.25, -0.2) is 19.7 Å². The number of aromatic carboxylic acids is 1. The molecule has 1 aromatic heterocycles. The normalized spacial score (nSPS) is 9.30. The van der Waals surface area contributed by atoms with E-state index in [1.807, 2.05) is 0 Å². The standard InChI is InChI=1S/C5H5N3O2/c1-3-6-2-7-4(8-3)5(9)10/h2H,1H3,(H,9,10). The first kappa shape index (κ1) is 6.60. The molecule has 52 valence electrons. The monoisotopic (exact) mass is 139 g/mol. The van der Waals surface area contributed by atoms with Gasteiger partial charge >= 0.3 is 5.97 Å². The Morgan fingerprint density at radius 2 is 2.30 bits per heavy atom. The van der Waals surface area contributed by atoms with Crippen LogP contribution in [0.4, 0.5) is 0 Å². The number of carboxylic acids is 1. The number of aryl methyl sites for hydroxylation is 1. The molecule has 0 saturated carbocycles. The molecule has 10 heavy (non-hydrogen) atoms. The van der Waals surface area contributed by atoms with E-state index in [1.54, 1.807) is 6.92 Å². The molecule has 5 heteroatoms. The summed E-state index contributed by atoms with van der Waals surface area (Å²) < 4.78 is 0. The molecule has 1 N–H and O–H groups in total. The van der Waals surface area contributed by atoms with Crippen molar-refractivity contribution in [2.45, 2.75) is 6.92 Å². The third kappa shape index (κ3) is 1.25. The number of hydrogen-bond acceptors (Lipinski definition) is 4. The summed E-state index contributed by atoms with van der Waals surface area (Å²) in [4.78, 5) is 20.8. The minimum atomic E-state index is -1.13. The quantitative estimate of drug-likeness (QED) is 0.586. The lowest BCUT2D eigenvalue weighted by molar-refractivity contribution is 0.0682. The van der Waals surface area contributed by atoms with Crippen LogP contribution in [-0.2, 0) is 0 Å². The summed E-state index contributed by atoms with van der Waals surface area (Å²) in [5.74, 6) is -0.939. The lowest BCUT2D eigenvalue weighted by Crippen LogP contribution is -2.05. The van der Waals surface area contributed by atoms with E-state index in [-0.39, 0.29) is 5.82 Å². The van der Waals surface area contributed by atoms with E-state index in [1.165, 1.54) is 6.33 Å². The van der Waals surface area contributed by atoms with Gasteiger partial charge in [-0.15, -0.1) is 0 Å². The Kier molecular flexibility index (Phi) is 1.57. The second-order valence-electron chi connectivity index (χ2n) is 1.66. The lowest BCUT2D eigenvalue weighted by atomic mass is 10.6. The highest BCUT2D eigenvalue weighted by atomic mass is 16.4. The average molecular weight is 139 g/mol. The highest BCUT2D eigenvalue weighted by Gasteiger charge is 2.04. The van der Waals surface area contributed by atoms with Crippen LogP contribution < -0.4 is 0 Å². The van der Waals surface area contributed by atoms with Crippen LogP contribution >= 0.6 is 0 Å². The predicted molar refractivity (Wildman–Crippen MR) is 31.5 cm³/mol. The number of carboxylic acid groups (broad SMARTS) is 1. The summed E-state index contributed by atoms with van der Waals surface area (Å²) in [6, 6.07) is 0. The van der Waals surface area contributed by atoms with Gasteiger partial charge in [-0.05, 0) is 6.92 Å². The van der Waals surface area contributed by atoms with Gasteiger partial charge < -0.3 is 5.11 Å². The number of rotatable bonds is 1. The molecular formula is C5H5N3O2. The smallest absolute Gasteiger partial charge is 0.374 e. The second kappa shape index (κ2) is 2.38. The van der Waals surface area contributed by atoms with Gasteiger partial charge in [0, 0.05) is 0 Å². The summed E-state index contributed by atoms with van der Waals surface area (Å²) in [5.41, 5.74) is 0. The van der Waals surface area contributed by atoms with Crippen LogP contribution in [0.15, 0.2) is 6.33 Å². The summed E-state index contributed by atoms with van der Waals surface area (Å²) >= 11 is 0. The molecule has 0 aliphatic heterocycles. The lowest BCUT2D eigenvalue weighted by Gasteiger charge is -1.90. The highest BCUT2D eigenvalue weighted by molar-refractivity contribution is 5.82. The molecule has 0 aliphatic carbocycles. The molecule has 0 radical (unpaired) electrons. The fourth-order valence-electron chi connectivity index (χ4n) is 0.481. The van der Waals surface area contributed by atoms with Crippen molar-refractivity contribution in [3.8, 4) is 0 Å². The Morgan fingerprint density at radius 3 is 2.70 bits per heavy atom. The van der Waals surface area contributed by atoms with Crippen LogP contribution in [0.5, 0.6) is 0 Å². The molecule has 0 amide bonds. The summed E-state index contributed by atoms with van der Waals surface area (Å²) in [6.07, 6.45) is 1.17. The minimum Gasteiger partial charge on any atom is -0.475 e. The molecule has 0 unspecified atom stereocenters. The molecule has 0 fully saturated rings. The molecule has 0 bridgehead atoms. The molecule has 1 rings (SSSR count). The predicted octanol–water partition coefficient (Wildman–Crippen LogP) is -0.122. The molecule has 1 aromatic rings. The maximum absolute atomic E-state index is 10.2. The fourth-order valence-corrected chi connectivity index (χ4v) is 0.481. The van der Waals surface area contributed by atoms with Crippen LogP contribution in [0.2, 0.25) is 0 Å². The minimum absolute atomic E-state index is 0.215. The van der Waals surface area contributed by atoms with Crippen LogP contribution in [0, 0.1) is 6.92 Å². The van der Waals surface area contributed by atoms with Gasteiger partial charge in [-0.1, -0.05) is 0 Å². The van der Waals surface area contributed by atoms with Crippen molar-refractivity contribution in [3.63, 3.8) is 0 Å². The largest absolute Gasteiger partial charge is 0.475 e. The zero-order valence-electron chi connectivity index (χ0n) is 5.27. The fraction of sp³-hybridized carbons (Fsp3) is 0.200. The Labute approximate surface area is 56.8 Å². The number of aromatic nitrogens is 3. The Morgan fingerprint density at radius 1 is 1.60 bits per heavy atom. The molecule has 0 saturated heterocycles. The third-order valence-electron chi connectivity index (χ3n) is 0.884. The maximum Gasteiger partial charge on any atom is 0.374 e. The number of hydrogen-bond donors (Lipinski definition) is 1. The van der Waals surface area contributed by atoms with Crippen LogP contribution in [0.1, 0.15) is 16.4 Å². The van der Waals surface area contributed by atoms with Crippen molar-refractivity contribution in [2.24, 2.45) is 0 Å². The molecule has 0 aliphatic rings. The number of carbonyl (C=O) groups is 1. The Bertz CT molecular complexity index is 261. The number of nitrogens with zero attached hydrogens (tertiary/aromatic N) is 3. The van der Waals surface area contributed by atoms with E-state index in [4.69, 9.17) is 5.11 Å². The second-order valence-corrected chi connectivity index (χ2v) is 1.66. The topological polar surface area (TPSA) is 76.0 Å². The molecule has 5 nitrogen and oxygen atoms in total. The van der Waals surface area contributed by atoms with E-state index in [2.05, 4.69) is 15.0 Å². The van der Waals surface area contributed by atoms with Crippen molar-refractivity contribution < 1.29 is 9.90 Å². The Balaban J connectivity index is 3.07. The van der Waals surface area contributed by atoms with E-state index in [9.17, 15) is 4.79 Å². The summed E-state index contributed by atoms with van der Waals surface area (Å²) in [6.45, 7) is 1.61. The molecule has 1 heterocycles. The van der Waals surface area contributed by atoms with E-state index < -0.39 is 5.97 Å². The van der Waals surface area contributed by atoms with Gasteiger partial charge in [0.1, 0.15) is 12.2 Å². The van der Waals surface area contributed by atoms with Crippen LogP contribution in [0.3, 0.4) is 0 Å². The van der Waals surface area contributed by atoms with Crippen molar-refractivity contribution >= 4 is 5.97 Å². The summed E-state index contributed by atoms with van der Waals surface area (Å²) in [5, 5.41) is 8.36. The van der Waals surface area contributed by atoms with Crippen molar-refractivity contribution in [3.05, 3.63) is 18.0 Å². The van der Waals surface area contributed by atoms with E-state index in [0.717, 1.165) is 0 Å². The average Bonchev–Trinajstić information content (AvgIpc) is 1.88. The van der Waals surface area contributed by atoms with E-state index in [0.29, 0.717) is 5.82 Å². The van der Waals surface area contributed by atoms with Gasteiger partial charge in [0.2, 0.25) is 5.82 Å². The van der Waals surface area contributed by atoms with E-state index >= 15 is 0 Å². The Hall–Kier alpha value is -1.52. The first-order valence-corrected chi connectivity index (χ1v) is 2.59. The van der Waals surface area contributed by atoms with Gasteiger partial charge in [0.05, 0.1) is 0 Å². The van der Waals surface area contributed by atoms with Crippen molar-refractivity contribution in [1.29, 1.82) is 0 Å². The van der Waals surface area contributed by atoms with Crippen molar-refractivity contribution in [1.82, 2.24) is 15.0 Å². The highest BCUT2D eigenvalue weighted by Crippen LogP contribution is 1.87. The van der Waals surface area contributed by atoms with Gasteiger partial charge in [-0.2, -0.15) is 0 Å². The zero-order valence-corrected chi connectivity index (χ0v) is 5.27.